The summed E-state index contributed by atoms with van der Waals surface area (Å²) in [5, 5.41) is 10.8. The van der Waals surface area contributed by atoms with Gasteiger partial charge in [-0.2, -0.15) is 4.98 Å². The van der Waals surface area contributed by atoms with Crippen molar-refractivity contribution in [3.63, 3.8) is 0 Å². The Morgan fingerprint density at radius 1 is 1.52 bits per heavy atom. The van der Waals surface area contributed by atoms with E-state index in [1.165, 1.54) is 12.1 Å². The maximum absolute atomic E-state index is 10.8. The van der Waals surface area contributed by atoms with E-state index in [1.54, 1.807) is 6.07 Å². The third-order valence-electron chi connectivity index (χ3n) is 3.77. The molecule has 0 bridgehead atoms. The van der Waals surface area contributed by atoms with Crippen LogP contribution < -0.4 is 10.6 Å². The van der Waals surface area contributed by atoms with Gasteiger partial charge in [0, 0.05) is 38.3 Å². The summed E-state index contributed by atoms with van der Waals surface area (Å²) in [5.41, 5.74) is 6.88. The van der Waals surface area contributed by atoms with Crippen LogP contribution in [0.2, 0.25) is 0 Å². The Kier molecular flexibility index (Phi) is 3.48. The molecule has 1 fully saturated rings. The number of piperazine rings is 1. The van der Waals surface area contributed by atoms with Gasteiger partial charge in [0.15, 0.2) is 5.58 Å². The highest BCUT2D eigenvalue weighted by atomic mass is 16.6. The van der Waals surface area contributed by atoms with E-state index in [0.717, 1.165) is 19.6 Å². The van der Waals surface area contributed by atoms with Gasteiger partial charge in [-0.15, -0.1) is 0 Å². The normalized spacial score (nSPS) is 20.1. The molecule has 1 aromatic heterocycles. The number of hydrogen-bond acceptors (Lipinski definition) is 7. The minimum absolute atomic E-state index is 0.0103. The first-order valence-electron chi connectivity index (χ1n) is 6.78. The average Bonchev–Trinajstić information content (AvgIpc) is 2.89. The number of benzene rings is 1. The van der Waals surface area contributed by atoms with Crippen molar-refractivity contribution in [2.45, 2.75) is 6.04 Å². The fourth-order valence-corrected chi connectivity index (χ4v) is 2.60. The van der Waals surface area contributed by atoms with Crippen LogP contribution in [0, 0.1) is 10.1 Å². The molecule has 0 amide bonds. The quantitative estimate of drug-likeness (QED) is 0.659. The van der Waals surface area contributed by atoms with Crippen molar-refractivity contribution in [3.05, 3.63) is 28.3 Å². The lowest BCUT2D eigenvalue weighted by atomic mass is 10.2. The number of non-ortho nitro benzene ring substituents is 1. The lowest BCUT2D eigenvalue weighted by Gasteiger charge is -2.38. The van der Waals surface area contributed by atoms with Gasteiger partial charge in [0.25, 0.3) is 11.7 Å². The van der Waals surface area contributed by atoms with E-state index in [4.69, 9.17) is 10.2 Å². The molecule has 0 aliphatic carbocycles. The van der Waals surface area contributed by atoms with Gasteiger partial charge in [0.2, 0.25) is 0 Å². The van der Waals surface area contributed by atoms with Crippen LogP contribution in [0.1, 0.15) is 0 Å². The van der Waals surface area contributed by atoms with Crippen LogP contribution in [0.5, 0.6) is 0 Å². The highest BCUT2D eigenvalue weighted by molar-refractivity contribution is 5.77. The van der Waals surface area contributed by atoms with Crippen LogP contribution in [0.4, 0.5) is 11.7 Å². The van der Waals surface area contributed by atoms with E-state index in [2.05, 4.69) is 16.9 Å². The molecular weight excluding hydrogens is 274 g/mol. The average molecular weight is 291 g/mol. The minimum Gasteiger partial charge on any atom is -0.423 e. The summed E-state index contributed by atoms with van der Waals surface area (Å²) in [5.74, 6) is 0. The summed E-state index contributed by atoms with van der Waals surface area (Å²) >= 11 is 0. The predicted molar refractivity (Wildman–Crippen MR) is 78.3 cm³/mol. The molecule has 2 N–H and O–H groups in total. The largest absolute Gasteiger partial charge is 0.423 e. The van der Waals surface area contributed by atoms with Crippen molar-refractivity contribution in [1.82, 2.24) is 9.88 Å². The molecule has 8 nitrogen and oxygen atoms in total. The number of nitro benzene ring substituents is 1. The lowest BCUT2D eigenvalue weighted by molar-refractivity contribution is -0.384. The maximum atomic E-state index is 10.8. The van der Waals surface area contributed by atoms with Crippen LogP contribution in [-0.4, -0.2) is 54.1 Å². The summed E-state index contributed by atoms with van der Waals surface area (Å²) < 4.78 is 5.73. The Hall–Kier alpha value is -2.19. The van der Waals surface area contributed by atoms with Crippen LogP contribution in [-0.2, 0) is 0 Å². The smallest absolute Gasteiger partial charge is 0.298 e. The van der Waals surface area contributed by atoms with Gasteiger partial charge in [-0.25, -0.2) is 0 Å². The van der Waals surface area contributed by atoms with Gasteiger partial charge >= 0.3 is 0 Å². The van der Waals surface area contributed by atoms with Crippen LogP contribution in [0.3, 0.4) is 0 Å². The van der Waals surface area contributed by atoms with Gasteiger partial charge in [-0.3, -0.25) is 10.1 Å². The molecule has 21 heavy (non-hydrogen) atoms. The Morgan fingerprint density at radius 3 is 3.05 bits per heavy atom. The molecule has 0 saturated carbocycles. The molecule has 8 heteroatoms. The Morgan fingerprint density at radius 2 is 2.33 bits per heavy atom. The monoisotopic (exact) mass is 291 g/mol. The van der Waals surface area contributed by atoms with Gasteiger partial charge < -0.3 is 20.0 Å². The van der Waals surface area contributed by atoms with E-state index < -0.39 is 4.92 Å². The number of aromatic nitrogens is 1. The molecule has 2 heterocycles. The number of likely N-dealkylation sites (N-methyl/N-ethyl adjacent to an activating group) is 1. The summed E-state index contributed by atoms with van der Waals surface area (Å²) in [6.07, 6.45) is 0. The Balaban J connectivity index is 1.94. The second-order valence-corrected chi connectivity index (χ2v) is 5.25. The van der Waals surface area contributed by atoms with E-state index in [0.29, 0.717) is 23.7 Å². The van der Waals surface area contributed by atoms with Gasteiger partial charge in [0.1, 0.15) is 5.52 Å². The highest BCUT2D eigenvalue weighted by Crippen LogP contribution is 2.27. The number of hydrogen-bond donors (Lipinski definition) is 1. The van der Waals surface area contributed by atoms with E-state index in [1.807, 2.05) is 4.90 Å². The predicted octanol–water partition coefficient (Wildman–Crippen LogP) is 0.815. The molecule has 1 unspecified atom stereocenters. The van der Waals surface area contributed by atoms with Gasteiger partial charge in [-0.1, -0.05) is 0 Å². The molecule has 2 aromatic rings. The van der Waals surface area contributed by atoms with Crippen LogP contribution in [0.25, 0.3) is 11.1 Å². The standard InChI is InChI=1S/C13H17N5O3/c1-16-4-5-17(10(7-14)8-16)13-15-11-6-9(18(19)20)2-3-12(11)21-13/h2-3,6,10H,4-5,7-8,14H2,1H3. The molecule has 0 spiro atoms. The first kappa shape index (κ1) is 13.8. The molecule has 112 valence electrons. The van der Waals surface area contributed by atoms with Crippen molar-refractivity contribution in [2.75, 3.05) is 38.1 Å². The van der Waals surface area contributed by atoms with Crippen molar-refractivity contribution in [1.29, 1.82) is 0 Å². The SMILES string of the molecule is CN1CCN(c2nc3cc([N+](=O)[O-])ccc3o2)C(CN)C1. The first-order valence-corrected chi connectivity index (χ1v) is 6.78. The maximum Gasteiger partial charge on any atom is 0.298 e. The van der Waals surface area contributed by atoms with Crippen LogP contribution >= 0.6 is 0 Å². The summed E-state index contributed by atoms with van der Waals surface area (Å²) in [4.78, 5) is 19.0. The fourth-order valence-electron chi connectivity index (χ4n) is 2.60. The number of anilines is 1. The summed E-state index contributed by atoms with van der Waals surface area (Å²) in [6.45, 7) is 3.02. The van der Waals surface area contributed by atoms with Gasteiger partial charge in [-0.05, 0) is 13.1 Å². The zero-order valence-electron chi connectivity index (χ0n) is 11.7. The molecular formula is C13H17N5O3. The van der Waals surface area contributed by atoms with Gasteiger partial charge in [0.05, 0.1) is 11.0 Å². The molecule has 1 aromatic carbocycles. The van der Waals surface area contributed by atoms with Crippen molar-refractivity contribution in [3.8, 4) is 0 Å². The number of nitrogens with zero attached hydrogens (tertiary/aromatic N) is 4. The zero-order chi connectivity index (χ0) is 15.0. The lowest BCUT2D eigenvalue weighted by Crippen LogP contribution is -2.55. The molecule has 1 atom stereocenters. The van der Waals surface area contributed by atoms with Crippen molar-refractivity contribution >= 4 is 22.8 Å². The van der Waals surface area contributed by atoms with E-state index in [9.17, 15) is 10.1 Å². The Bertz CT molecular complexity index is 671. The molecule has 1 aliphatic heterocycles. The summed E-state index contributed by atoms with van der Waals surface area (Å²) in [6, 6.07) is 5.04. The topological polar surface area (TPSA) is 102 Å². The second-order valence-electron chi connectivity index (χ2n) is 5.25. The minimum atomic E-state index is -0.438. The number of rotatable bonds is 3. The number of nitrogens with two attached hydrogens (primary N) is 1. The molecule has 3 rings (SSSR count). The molecule has 1 saturated heterocycles. The highest BCUT2D eigenvalue weighted by Gasteiger charge is 2.28. The number of oxazole rings is 1. The van der Waals surface area contributed by atoms with Crippen molar-refractivity contribution in [2.24, 2.45) is 5.73 Å². The number of nitro groups is 1. The van der Waals surface area contributed by atoms with Crippen molar-refractivity contribution < 1.29 is 9.34 Å². The van der Waals surface area contributed by atoms with Crippen LogP contribution in [0.15, 0.2) is 22.6 Å². The van der Waals surface area contributed by atoms with E-state index >= 15 is 0 Å². The first-order chi connectivity index (χ1) is 10.1. The molecule has 1 aliphatic rings. The Labute approximate surface area is 121 Å². The second kappa shape index (κ2) is 5.30. The third-order valence-corrected chi connectivity index (χ3v) is 3.77. The van der Waals surface area contributed by atoms with E-state index in [-0.39, 0.29) is 11.7 Å². The molecule has 0 radical (unpaired) electrons. The zero-order valence-corrected chi connectivity index (χ0v) is 11.7. The third kappa shape index (κ3) is 2.55. The number of fused-ring (bicyclic) bond motifs is 1. The fraction of sp³-hybridized carbons (Fsp3) is 0.462. The summed E-state index contributed by atoms with van der Waals surface area (Å²) in [7, 11) is 2.05.